The first-order valence-corrected chi connectivity index (χ1v) is 9.20. The molecule has 0 atom stereocenters. The van der Waals surface area contributed by atoms with Crippen molar-refractivity contribution >= 4 is 5.91 Å². The maximum atomic E-state index is 12.9. The largest absolute Gasteiger partial charge is 0.343 e. The van der Waals surface area contributed by atoms with Gasteiger partial charge in [-0.25, -0.2) is 0 Å². The average Bonchev–Trinajstić information content (AvgIpc) is 3.36. The lowest BCUT2D eigenvalue weighted by Gasteiger charge is -2.31. The minimum absolute atomic E-state index is 0.00129. The van der Waals surface area contributed by atoms with Gasteiger partial charge in [0.25, 0.3) is 5.91 Å². The van der Waals surface area contributed by atoms with Gasteiger partial charge in [-0.2, -0.15) is 5.10 Å². The van der Waals surface area contributed by atoms with E-state index < -0.39 is 0 Å². The highest BCUT2D eigenvalue weighted by molar-refractivity contribution is 5.94. The standard InChI is InChI=1S/C22H23N3O/c26-21(19-11-9-18(10-12-19)17-25-16-6-15-23-25)24-22(13-4-5-14-22)20-7-2-1-3-8-20/h1-3,6-12,15-16H,4-5,13-14,17H2,(H,24,26). The van der Waals surface area contributed by atoms with Gasteiger partial charge < -0.3 is 5.32 Å². The van der Waals surface area contributed by atoms with E-state index in [-0.39, 0.29) is 11.4 Å². The highest BCUT2D eigenvalue weighted by Gasteiger charge is 2.37. The first kappa shape index (κ1) is 16.6. The monoisotopic (exact) mass is 345 g/mol. The van der Waals surface area contributed by atoms with Crippen LogP contribution in [0.3, 0.4) is 0 Å². The number of hydrogen-bond acceptors (Lipinski definition) is 2. The van der Waals surface area contributed by atoms with Crippen LogP contribution in [0.1, 0.15) is 47.2 Å². The second-order valence-electron chi connectivity index (χ2n) is 7.01. The summed E-state index contributed by atoms with van der Waals surface area (Å²) in [5.74, 6) is 0.00129. The topological polar surface area (TPSA) is 46.9 Å². The van der Waals surface area contributed by atoms with Crippen molar-refractivity contribution in [1.82, 2.24) is 15.1 Å². The molecule has 0 saturated heterocycles. The Morgan fingerprint density at radius 1 is 1.00 bits per heavy atom. The van der Waals surface area contributed by atoms with Crippen molar-refractivity contribution in [2.45, 2.75) is 37.8 Å². The molecule has 1 heterocycles. The van der Waals surface area contributed by atoms with Crippen LogP contribution in [0.15, 0.2) is 73.1 Å². The van der Waals surface area contributed by atoms with E-state index in [2.05, 4.69) is 22.5 Å². The molecule has 4 rings (SSSR count). The predicted molar refractivity (Wildman–Crippen MR) is 102 cm³/mol. The zero-order chi connectivity index (χ0) is 17.8. The summed E-state index contributed by atoms with van der Waals surface area (Å²) in [7, 11) is 0. The minimum Gasteiger partial charge on any atom is -0.343 e. The number of aromatic nitrogens is 2. The molecule has 26 heavy (non-hydrogen) atoms. The van der Waals surface area contributed by atoms with Gasteiger partial charge in [0.15, 0.2) is 0 Å². The maximum Gasteiger partial charge on any atom is 0.251 e. The minimum atomic E-state index is -0.230. The fourth-order valence-corrected chi connectivity index (χ4v) is 3.85. The zero-order valence-corrected chi connectivity index (χ0v) is 14.8. The average molecular weight is 345 g/mol. The van der Waals surface area contributed by atoms with Crippen LogP contribution >= 0.6 is 0 Å². The summed E-state index contributed by atoms with van der Waals surface area (Å²) in [5, 5.41) is 7.55. The van der Waals surface area contributed by atoms with E-state index in [0.717, 1.165) is 31.2 Å². The second-order valence-corrected chi connectivity index (χ2v) is 7.01. The first-order valence-electron chi connectivity index (χ1n) is 9.20. The molecule has 1 aliphatic rings. The summed E-state index contributed by atoms with van der Waals surface area (Å²) in [6.45, 7) is 0.711. The molecular formula is C22H23N3O. The third-order valence-electron chi connectivity index (χ3n) is 5.26. The number of nitrogens with one attached hydrogen (secondary N) is 1. The summed E-state index contributed by atoms with van der Waals surface area (Å²) in [6.07, 6.45) is 8.01. The summed E-state index contributed by atoms with van der Waals surface area (Å²) in [5.41, 5.74) is 2.81. The fourth-order valence-electron chi connectivity index (χ4n) is 3.85. The Morgan fingerprint density at radius 3 is 2.38 bits per heavy atom. The molecular weight excluding hydrogens is 322 g/mol. The van der Waals surface area contributed by atoms with Gasteiger partial charge in [0.2, 0.25) is 0 Å². The number of rotatable bonds is 5. The Balaban J connectivity index is 1.50. The van der Waals surface area contributed by atoms with Crippen molar-refractivity contribution in [2.24, 2.45) is 0 Å². The van der Waals surface area contributed by atoms with E-state index in [0.29, 0.717) is 12.1 Å². The Bertz CT molecular complexity index is 848. The molecule has 0 spiro atoms. The van der Waals surface area contributed by atoms with Crippen molar-refractivity contribution in [2.75, 3.05) is 0 Å². The van der Waals surface area contributed by atoms with Crippen molar-refractivity contribution < 1.29 is 4.79 Å². The molecule has 0 bridgehead atoms. The van der Waals surface area contributed by atoms with E-state index in [1.54, 1.807) is 6.20 Å². The predicted octanol–water partition coefficient (Wildman–Crippen LogP) is 4.13. The van der Waals surface area contributed by atoms with Crippen LogP contribution in [0.25, 0.3) is 0 Å². The fraction of sp³-hybridized carbons (Fsp3) is 0.273. The van der Waals surface area contributed by atoms with Gasteiger partial charge in [-0.15, -0.1) is 0 Å². The second kappa shape index (κ2) is 7.16. The van der Waals surface area contributed by atoms with E-state index in [9.17, 15) is 4.79 Å². The Labute approximate surface area is 153 Å². The SMILES string of the molecule is O=C(NC1(c2ccccc2)CCCC1)c1ccc(Cn2cccn2)cc1. The summed E-state index contributed by atoms with van der Waals surface area (Å²) < 4.78 is 1.87. The molecule has 0 radical (unpaired) electrons. The maximum absolute atomic E-state index is 12.9. The van der Waals surface area contributed by atoms with Gasteiger partial charge in [0.1, 0.15) is 0 Å². The number of nitrogens with zero attached hydrogens (tertiary/aromatic N) is 2. The molecule has 1 N–H and O–H groups in total. The lowest BCUT2D eigenvalue weighted by atomic mass is 9.88. The van der Waals surface area contributed by atoms with Crippen LogP contribution in [0.5, 0.6) is 0 Å². The van der Waals surface area contributed by atoms with Crippen molar-refractivity contribution in [3.63, 3.8) is 0 Å². The van der Waals surface area contributed by atoms with Crippen LogP contribution in [0.2, 0.25) is 0 Å². The molecule has 1 fully saturated rings. The molecule has 1 amide bonds. The van der Waals surface area contributed by atoms with Crippen LogP contribution in [0.4, 0.5) is 0 Å². The smallest absolute Gasteiger partial charge is 0.251 e. The number of benzene rings is 2. The summed E-state index contributed by atoms with van der Waals surface area (Å²) >= 11 is 0. The van der Waals surface area contributed by atoms with E-state index in [1.165, 1.54) is 5.56 Å². The molecule has 0 aliphatic heterocycles. The highest BCUT2D eigenvalue weighted by atomic mass is 16.1. The Kier molecular flexibility index (Phi) is 4.57. The normalized spacial score (nSPS) is 15.7. The third kappa shape index (κ3) is 3.40. The first-order chi connectivity index (χ1) is 12.8. The van der Waals surface area contributed by atoms with Crippen molar-refractivity contribution in [3.8, 4) is 0 Å². The number of hydrogen-bond donors (Lipinski definition) is 1. The van der Waals surface area contributed by atoms with Gasteiger partial charge in [-0.05, 0) is 42.2 Å². The molecule has 4 nitrogen and oxygen atoms in total. The lowest BCUT2D eigenvalue weighted by Crippen LogP contribution is -2.43. The Morgan fingerprint density at radius 2 is 1.73 bits per heavy atom. The number of carbonyl (C=O) groups excluding carboxylic acids is 1. The molecule has 1 aliphatic carbocycles. The van der Waals surface area contributed by atoms with Crippen LogP contribution in [-0.2, 0) is 12.1 Å². The molecule has 0 unspecified atom stereocenters. The number of carbonyl (C=O) groups is 1. The molecule has 1 saturated carbocycles. The lowest BCUT2D eigenvalue weighted by molar-refractivity contribution is 0.0898. The van der Waals surface area contributed by atoms with E-state index in [4.69, 9.17) is 0 Å². The molecule has 132 valence electrons. The highest BCUT2D eigenvalue weighted by Crippen LogP contribution is 2.38. The summed E-state index contributed by atoms with van der Waals surface area (Å²) in [6, 6.07) is 20.1. The third-order valence-corrected chi connectivity index (χ3v) is 5.26. The van der Waals surface area contributed by atoms with Crippen LogP contribution in [0, 0.1) is 0 Å². The Hall–Kier alpha value is -2.88. The van der Waals surface area contributed by atoms with Crippen molar-refractivity contribution in [1.29, 1.82) is 0 Å². The van der Waals surface area contributed by atoms with Gasteiger partial charge in [-0.1, -0.05) is 55.3 Å². The van der Waals surface area contributed by atoms with Gasteiger partial charge in [0.05, 0.1) is 12.1 Å². The molecule has 4 heteroatoms. The van der Waals surface area contributed by atoms with E-state index in [1.807, 2.05) is 59.4 Å². The molecule has 1 aromatic heterocycles. The van der Waals surface area contributed by atoms with E-state index >= 15 is 0 Å². The molecule has 2 aromatic carbocycles. The summed E-state index contributed by atoms with van der Waals surface area (Å²) in [4.78, 5) is 12.9. The van der Waals surface area contributed by atoms with Gasteiger partial charge in [-0.3, -0.25) is 9.48 Å². The quantitative estimate of drug-likeness (QED) is 0.756. The molecule has 3 aromatic rings. The van der Waals surface area contributed by atoms with Gasteiger partial charge in [0, 0.05) is 18.0 Å². The van der Waals surface area contributed by atoms with Crippen molar-refractivity contribution in [3.05, 3.63) is 89.7 Å². The van der Waals surface area contributed by atoms with Gasteiger partial charge >= 0.3 is 0 Å². The number of amides is 1. The van der Waals surface area contributed by atoms with Crippen LogP contribution < -0.4 is 5.32 Å². The zero-order valence-electron chi connectivity index (χ0n) is 14.8. The van der Waals surface area contributed by atoms with Crippen LogP contribution in [-0.4, -0.2) is 15.7 Å².